The fourth-order valence-electron chi connectivity index (χ4n) is 3.08. The van der Waals surface area contributed by atoms with Gasteiger partial charge in [0.25, 0.3) is 0 Å². The molecular formula is C18H24NO2S+. The van der Waals surface area contributed by atoms with E-state index in [1.807, 2.05) is 47.8 Å². The lowest BCUT2D eigenvalue weighted by molar-refractivity contribution is -0.917. The Morgan fingerprint density at radius 1 is 1.14 bits per heavy atom. The molecule has 3 nitrogen and oxygen atoms in total. The van der Waals surface area contributed by atoms with Gasteiger partial charge in [-0.05, 0) is 17.0 Å². The van der Waals surface area contributed by atoms with Crippen LogP contribution in [0, 0.1) is 0 Å². The summed E-state index contributed by atoms with van der Waals surface area (Å²) in [5, 5.41) is 13.5. The number of thiophene rings is 1. The maximum Gasteiger partial charge on any atom is 0.129 e. The minimum atomic E-state index is -0.894. The summed E-state index contributed by atoms with van der Waals surface area (Å²) >= 11 is 1.63. The summed E-state index contributed by atoms with van der Waals surface area (Å²) in [4.78, 5) is 1.03. The molecule has 22 heavy (non-hydrogen) atoms. The molecule has 1 aliphatic heterocycles. The molecule has 4 heteroatoms. The summed E-state index contributed by atoms with van der Waals surface area (Å²) in [5.41, 5.74) is 0.0898. The van der Waals surface area contributed by atoms with Crippen molar-refractivity contribution < 1.29 is 14.3 Å². The molecule has 1 N–H and O–H groups in total. The maximum absolute atomic E-state index is 11.5. The van der Waals surface area contributed by atoms with Gasteiger partial charge in [-0.1, -0.05) is 36.4 Å². The van der Waals surface area contributed by atoms with Crippen LogP contribution < -0.4 is 0 Å². The second-order valence-electron chi connectivity index (χ2n) is 6.36. The number of nitrogens with zero attached hydrogens (tertiary/aromatic N) is 1. The van der Waals surface area contributed by atoms with Crippen molar-refractivity contribution in [3.8, 4) is 0 Å². The van der Waals surface area contributed by atoms with E-state index >= 15 is 0 Å². The normalized spacial score (nSPS) is 20.5. The number of hydrogen-bond acceptors (Lipinski definition) is 3. The molecule has 118 valence electrons. The van der Waals surface area contributed by atoms with Crippen LogP contribution in [0.5, 0.6) is 0 Å². The van der Waals surface area contributed by atoms with Gasteiger partial charge in [0.1, 0.15) is 18.7 Å². The van der Waals surface area contributed by atoms with E-state index in [9.17, 15) is 5.11 Å². The number of hydrogen-bond donors (Lipinski definition) is 1. The van der Waals surface area contributed by atoms with E-state index < -0.39 is 5.60 Å². The SMILES string of the molecule is C[N+]1(CC[C@@](O)(c2ccccc2)c2cccs2)CCOCC1. The number of likely N-dealkylation sites (N-methyl/N-ethyl adjacent to an activating group) is 1. The largest absolute Gasteiger partial charge is 0.379 e. The molecule has 1 aromatic carbocycles. The zero-order chi connectivity index (χ0) is 15.5. The van der Waals surface area contributed by atoms with Crippen LogP contribution in [-0.2, 0) is 10.3 Å². The lowest BCUT2D eigenvalue weighted by atomic mass is 9.88. The van der Waals surface area contributed by atoms with Crippen molar-refractivity contribution in [2.45, 2.75) is 12.0 Å². The van der Waals surface area contributed by atoms with E-state index in [-0.39, 0.29) is 0 Å². The Balaban J connectivity index is 1.84. The van der Waals surface area contributed by atoms with Crippen molar-refractivity contribution in [2.75, 3.05) is 39.9 Å². The van der Waals surface area contributed by atoms with E-state index in [0.717, 1.165) is 54.2 Å². The maximum atomic E-state index is 11.5. The minimum Gasteiger partial charge on any atom is -0.379 e. The quantitative estimate of drug-likeness (QED) is 0.859. The molecule has 1 aliphatic rings. The summed E-state index contributed by atoms with van der Waals surface area (Å²) in [7, 11) is 2.27. The molecule has 0 amide bonds. The molecule has 0 bridgehead atoms. The van der Waals surface area contributed by atoms with Gasteiger partial charge in [-0.3, -0.25) is 0 Å². The smallest absolute Gasteiger partial charge is 0.129 e. The zero-order valence-electron chi connectivity index (χ0n) is 13.1. The third-order valence-corrected chi connectivity index (χ3v) is 5.77. The second kappa shape index (κ2) is 6.50. The highest BCUT2D eigenvalue weighted by atomic mass is 32.1. The van der Waals surface area contributed by atoms with Crippen LogP contribution >= 0.6 is 11.3 Å². The van der Waals surface area contributed by atoms with Crippen molar-refractivity contribution in [1.82, 2.24) is 0 Å². The van der Waals surface area contributed by atoms with Crippen molar-refractivity contribution in [1.29, 1.82) is 0 Å². The molecule has 0 aliphatic carbocycles. The standard InChI is InChI=1S/C18H24NO2S/c1-19(11-13-21-14-12-19)10-9-18(20,17-8-5-15-22-17)16-6-3-2-4-7-16/h2-8,15,20H,9-14H2,1H3/q+1/t18-/m1/s1. The highest BCUT2D eigenvalue weighted by Crippen LogP contribution is 2.36. The molecule has 2 aromatic rings. The van der Waals surface area contributed by atoms with E-state index in [1.54, 1.807) is 11.3 Å². The first-order valence-electron chi connectivity index (χ1n) is 7.86. The molecule has 0 saturated carbocycles. The van der Waals surface area contributed by atoms with Crippen molar-refractivity contribution in [3.05, 3.63) is 58.3 Å². The molecule has 3 rings (SSSR count). The predicted molar refractivity (Wildman–Crippen MR) is 90.0 cm³/mol. The molecule has 0 spiro atoms. The van der Waals surface area contributed by atoms with E-state index in [0.29, 0.717) is 0 Å². The summed E-state index contributed by atoms with van der Waals surface area (Å²) in [5.74, 6) is 0. The third kappa shape index (κ3) is 3.25. The number of quaternary nitrogens is 1. The van der Waals surface area contributed by atoms with Crippen LogP contribution in [-0.4, -0.2) is 49.5 Å². The first-order valence-corrected chi connectivity index (χ1v) is 8.74. The molecule has 1 aromatic heterocycles. The van der Waals surface area contributed by atoms with Gasteiger partial charge in [0.15, 0.2) is 0 Å². The van der Waals surface area contributed by atoms with Crippen LogP contribution in [0.15, 0.2) is 47.8 Å². The molecule has 1 fully saturated rings. The van der Waals surface area contributed by atoms with Crippen LogP contribution in [0.4, 0.5) is 0 Å². The van der Waals surface area contributed by atoms with Gasteiger partial charge in [0.2, 0.25) is 0 Å². The van der Waals surface area contributed by atoms with Crippen LogP contribution in [0.3, 0.4) is 0 Å². The average Bonchev–Trinajstić information content (AvgIpc) is 3.09. The van der Waals surface area contributed by atoms with Gasteiger partial charge < -0.3 is 14.3 Å². The summed E-state index contributed by atoms with van der Waals surface area (Å²) in [6.45, 7) is 4.63. The molecule has 1 saturated heterocycles. The van der Waals surface area contributed by atoms with E-state index in [4.69, 9.17) is 4.74 Å². The van der Waals surface area contributed by atoms with E-state index in [2.05, 4.69) is 7.05 Å². The predicted octanol–water partition coefficient (Wildman–Crippen LogP) is 2.85. The Kier molecular flexibility index (Phi) is 4.64. The number of ether oxygens (including phenoxy) is 1. The Labute approximate surface area is 136 Å². The van der Waals surface area contributed by atoms with Crippen LogP contribution in [0.1, 0.15) is 16.9 Å². The topological polar surface area (TPSA) is 29.5 Å². The van der Waals surface area contributed by atoms with Gasteiger partial charge in [0.05, 0.1) is 26.8 Å². The Hall–Kier alpha value is -1.20. The molecule has 0 unspecified atom stereocenters. The van der Waals surface area contributed by atoms with E-state index in [1.165, 1.54) is 0 Å². The number of morpholine rings is 1. The van der Waals surface area contributed by atoms with Crippen molar-refractivity contribution in [3.63, 3.8) is 0 Å². The third-order valence-electron chi connectivity index (χ3n) is 4.74. The summed E-state index contributed by atoms with van der Waals surface area (Å²) in [6, 6.07) is 14.1. The summed E-state index contributed by atoms with van der Waals surface area (Å²) in [6.07, 6.45) is 0.730. The molecule has 0 radical (unpaired) electrons. The number of aliphatic hydroxyl groups is 1. The minimum absolute atomic E-state index is 0.730. The zero-order valence-corrected chi connectivity index (χ0v) is 13.9. The van der Waals surface area contributed by atoms with Crippen LogP contribution in [0.25, 0.3) is 0 Å². The van der Waals surface area contributed by atoms with Gasteiger partial charge in [-0.15, -0.1) is 11.3 Å². The molecule has 1 atom stereocenters. The first-order chi connectivity index (χ1) is 10.6. The Morgan fingerprint density at radius 2 is 1.86 bits per heavy atom. The average molecular weight is 318 g/mol. The second-order valence-corrected chi connectivity index (χ2v) is 7.30. The van der Waals surface area contributed by atoms with Gasteiger partial charge in [-0.25, -0.2) is 0 Å². The molecule has 2 heterocycles. The van der Waals surface area contributed by atoms with Crippen molar-refractivity contribution >= 4 is 11.3 Å². The summed E-state index contributed by atoms with van der Waals surface area (Å²) < 4.78 is 6.45. The lowest BCUT2D eigenvalue weighted by Gasteiger charge is -2.40. The molecular weight excluding hydrogens is 294 g/mol. The highest BCUT2D eigenvalue weighted by molar-refractivity contribution is 7.10. The van der Waals surface area contributed by atoms with Crippen LogP contribution in [0.2, 0.25) is 0 Å². The number of benzene rings is 1. The first kappa shape index (κ1) is 15.7. The van der Waals surface area contributed by atoms with Gasteiger partial charge in [-0.2, -0.15) is 0 Å². The Bertz CT molecular complexity index is 578. The highest BCUT2D eigenvalue weighted by Gasteiger charge is 2.36. The Morgan fingerprint density at radius 3 is 2.50 bits per heavy atom. The number of rotatable bonds is 5. The lowest BCUT2D eigenvalue weighted by Crippen LogP contribution is -2.53. The van der Waals surface area contributed by atoms with Gasteiger partial charge in [0, 0.05) is 11.3 Å². The fraction of sp³-hybridized carbons (Fsp3) is 0.444. The monoisotopic (exact) mass is 318 g/mol. The fourth-order valence-corrected chi connectivity index (χ4v) is 3.95. The van der Waals surface area contributed by atoms with Gasteiger partial charge >= 0.3 is 0 Å². The van der Waals surface area contributed by atoms with Crippen molar-refractivity contribution in [2.24, 2.45) is 0 Å².